The van der Waals surface area contributed by atoms with E-state index in [0.717, 1.165) is 22.2 Å². The lowest BCUT2D eigenvalue weighted by Gasteiger charge is -2.32. The van der Waals surface area contributed by atoms with Crippen molar-refractivity contribution >= 4 is 24.8 Å². The molecule has 0 unspecified atom stereocenters. The SMILES string of the molecule is CC1(C)OB(c2ccc(-c3ccc(C=NN=C(N)N)cc3)cc2)OC1(C)C. The smallest absolute Gasteiger partial charge is 0.399 e. The van der Waals surface area contributed by atoms with E-state index in [1.54, 1.807) is 6.21 Å². The van der Waals surface area contributed by atoms with Crippen LogP contribution in [0, 0.1) is 0 Å². The van der Waals surface area contributed by atoms with E-state index in [1.165, 1.54) is 0 Å². The first-order valence-electron chi connectivity index (χ1n) is 8.86. The average molecular weight is 364 g/mol. The van der Waals surface area contributed by atoms with Crippen LogP contribution in [0.1, 0.15) is 33.3 Å². The zero-order valence-corrected chi connectivity index (χ0v) is 16.1. The van der Waals surface area contributed by atoms with E-state index in [4.69, 9.17) is 20.8 Å². The third-order valence-corrected chi connectivity index (χ3v) is 5.06. The fourth-order valence-electron chi connectivity index (χ4n) is 2.74. The van der Waals surface area contributed by atoms with Crippen LogP contribution in [-0.2, 0) is 9.31 Å². The van der Waals surface area contributed by atoms with Crippen molar-refractivity contribution in [2.45, 2.75) is 38.9 Å². The van der Waals surface area contributed by atoms with Crippen LogP contribution in [0.15, 0.2) is 58.7 Å². The lowest BCUT2D eigenvalue weighted by molar-refractivity contribution is 0.00578. The second-order valence-electron chi connectivity index (χ2n) is 7.60. The molecule has 0 amide bonds. The minimum absolute atomic E-state index is 0.0649. The minimum atomic E-state index is -0.349. The van der Waals surface area contributed by atoms with E-state index in [9.17, 15) is 0 Å². The molecule has 1 fully saturated rings. The molecule has 1 aliphatic heterocycles. The number of hydrogen-bond donors (Lipinski definition) is 2. The van der Waals surface area contributed by atoms with Crippen LogP contribution in [0.25, 0.3) is 11.1 Å². The maximum absolute atomic E-state index is 6.10. The fourth-order valence-corrected chi connectivity index (χ4v) is 2.74. The van der Waals surface area contributed by atoms with Crippen LogP contribution in [0.3, 0.4) is 0 Å². The highest BCUT2D eigenvalue weighted by Crippen LogP contribution is 2.36. The van der Waals surface area contributed by atoms with E-state index in [1.807, 2.05) is 36.4 Å². The zero-order chi connectivity index (χ0) is 19.7. The Kier molecular flexibility index (Phi) is 5.08. The van der Waals surface area contributed by atoms with Crippen LogP contribution < -0.4 is 16.9 Å². The Morgan fingerprint density at radius 1 is 0.852 bits per heavy atom. The highest BCUT2D eigenvalue weighted by Gasteiger charge is 2.51. The van der Waals surface area contributed by atoms with Crippen molar-refractivity contribution in [2.75, 3.05) is 0 Å². The van der Waals surface area contributed by atoms with Crippen molar-refractivity contribution < 1.29 is 9.31 Å². The summed E-state index contributed by atoms with van der Waals surface area (Å²) in [6.45, 7) is 8.22. The maximum Gasteiger partial charge on any atom is 0.494 e. The molecule has 2 aromatic carbocycles. The molecule has 0 spiro atoms. The van der Waals surface area contributed by atoms with Crippen LogP contribution in [0.4, 0.5) is 0 Å². The molecule has 1 aliphatic rings. The largest absolute Gasteiger partial charge is 0.494 e. The van der Waals surface area contributed by atoms with Crippen molar-refractivity contribution in [1.82, 2.24) is 0 Å². The Labute approximate surface area is 160 Å². The molecule has 0 saturated carbocycles. The summed E-state index contributed by atoms with van der Waals surface area (Å²) >= 11 is 0. The third-order valence-electron chi connectivity index (χ3n) is 5.06. The van der Waals surface area contributed by atoms with E-state index in [2.05, 4.69) is 50.0 Å². The maximum atomic E-state index is 6.10. The van der Waals surface area contributed by atoms with Crippen molar-refractivity contribution in [3.05, 3.63) is 54.1 Å². The number of hydrogen-bond acceptors (Lipinski definition) is 4. The lowest BCUT2D eigenvalue weighted by atomic mass is 9.78. The van der Waals surface area contributed by atoms with Gasteiger partial charge in [0.05, 0.1) is 17.4 Å². The van der Waals surface area contributed by atoms with Crippen LogP contribution in [0.2, 0.25) is 0 Å². The van der Waals surface area contributed by atoms with Crippen LogP contribution in [-0.4, -0.2) is 30.5 Å². The summed E-state index contributed by atoms with van der Waals surface area (Å²) in [5, 5.41) is 7.39. The second-order valence-corrected chi connectivity index (χ2v) is 7.60. The van der Waals surface area contributed by atoms with Crippen molar-refractivity contribution in [3.63, 3.8) is 0 Å². The molecule has 1 heterocycles. The third kappa shape index (κ3) is 4.20. The van der Waals surface area contributed by atoms with Gasteiger partial charge in [0, 0.05) is 0 Å². The first kappa shape index (κ1) is 19.1. The van der Waals surface area contributed by atoms with Gasteiger partial charge >= 0.3 is 7.12 Å². The molecule has 7 heteroatoms. The summed E-state index contributed by atoms with van der Waals surface area (Å²) in [4.78, 5) is 0. The van der Waals surface area contributed by atoms with Crippen molar-refractivity contribution in [2.24, 2.45) is 21.7 Å². The fraction of sp³-hybridized carbons (Fsp3) is 0.300. The van der Waals surface area contributed by atoms with E-state index >= 15 is 0 Å². The van der Waals surface area contributed by atoms with Gasteiger partial charge in [-0.15, -0.1) is 5.10 Å². The second kappa shape index (κ2) is 7.17. The summed E-state index contributed by atoms with van der Waals surface area (Å²) in [5.74, 6) is -0.0649. The molecule has 6 nitrogen and oxygen atoms in total. The summed E-state index contributed by atoms with van der Waals surface area (Å²) in [6.07, 6.45) is 1.60. The Hall–Kier alpha value is -2.64. The molecular formula is C20H25BN4O2. The van der Waals surface area contributed by atoms with Crippen molar-refractivity contribution in [3.8, 4) is 11.1 Å². The van der Waals surface area contributed by atoms with Gasteiger partial charge in [-0.25, -0.2) is 0 Å². The number of guanidine groups is 1. The monoisotopic (exact) mass is 364 g/mol. The topological polar surface area (TPSA) is 95.2 Å². The molecule has 0 aromatic heterocycles. The van der Waals surface area contributed by atoms with Gasteiger partial charge < -0.3 is 20.8 Å². The zero-order valence-electron chi connectivity index (χ0n) is 16.1. The number of nitrogens with zero attached hydrogens (tertiary/aromatic N) is 2. The summed E-state index contributed by atoms with van der Waals surface area (Å²) in [7, 11) is -0.349. The van der Waals surface area contributed by atoms with Crippen LogP contribution in [0.5, 0.6) is 0 Å². The summed E-state index contributed by atoms with van der Waals surface area (Å²) in [5.41, 5.74) is 13.9. The predicted octanol–water partition coefficient (Wildman–Crippen LogP) is 2.26. The minimum Gasteiger partial charge on any atom is -0.399 e. The van der Waals surface area contributed by atoms with Crippen molar-refractivity contribution in [1.29, 1.82) is 0 Å². The standard InChI is InChI=1S/C20H25BN4O2/c1-19(2)20(3,4)27-21(26-19)17-11-9-16(10-12-17)15-7-5-14(6-8-15)13-24-25-18(22)23/h5-13H,1-4H3,(H4,22,23,25). The molecule has 1 saturated heterocycles. The van der Waals surface area contributed by atoms with Gasteiger partial charge in [0.25, 0.3) is 0 Å². The quantitative estimate of drug-likeness (QED) is 0.377. The summed E-state index contributed by atoms with van der Waals surface area (Å²) < 4.78 is 12.2. The number of nitrogens with two attached hydrogens (primary N) is 2. The first-order chi connectivity index (χ1) is 12.7. The van der Waals surface area contributed by atoms with E-state index < -0.39 is 0 Å². The highest BCUT2D eigenvalue weighted by atomic mass is 16.7. The Balaban J connectivity index is 1.73. The molecule has 4 N–H and O–H groups in total. The Morgan fingerprint density at radius 3 is 1.81 bits per heavy atom. The van der Waals surface area contributed by atoms with E-state index in [0.29, 0.717) is 0 Å². The normalized spacial score (nSPS) is 18.0. The van der Waals surface area contributed by atoms with Crippen LogP contribution >= 0.6 is 0 Å². The molecule has 0 bridgehead atoms. The first-order valence-corrected chi connectivity index (χ1v) is 8.86. The van der Waals surface area contributed by atoms with Gasteiger partial charge in [0.2, 0.25) is 5.96 Å². The average Bonchev–Trinajstić information content (AvgIpc) is 2.83. The molecule has 0 aliphatic carbocycles. The van der Waals surface area contributed by atoms with E-state index in [-0.39, 0.29) is 24.3 Å². The molecule has 0 radical (unpaired) electrons. The highest BCUT2D eigenvalue weighted by molar-refractivity contribution is 6.62. The van der Waals surface area contributed by atoms with Gasteiger partial charge in [-0.1, -0.05) is 48.5 Å². The molecular weight excluding hydrogens is 339 g/mol. The van der Waals surface area contributed by atoms with Gasteiger partial charge in [0.15, 0.2) is 0 Å². The van der Waals surface area contributed by atoms with Gasteiger partial charge in [0.1, 0.15) is 0 Å². The van der Waals surface area contributed by atoms with Gasteiger partial charge in [-0.2, -0.15) is 5.10 Å². The summed E-state index contributed by atoms with van der Waals surface area (Å²) in [6, 6.07) is 16.2. The van der Waals surface area contributed by atoms with Gasteiger partial charge in [-0.05, 0) is 49.8 Å². The Bertz CT molecular complexity index is 839. The number of benzene rings is 2. The Morgan fingerprint density at radius 2 is 1.33 bits per heavy atom. The molecule has 2 aromatic rings. The molecule has 140 valence electrons. The molecule has 27 heavy (non-hydrogen) atoms. The molecule has 3 rings (SSSR count). The number of rotatable bonds is 4. The predicted molar refractivity (Wildman–Crippen MR) is 111 cm³/mol. The lowest BCUT2D eigenvalue weighted by Crippen LogP contribution is -2.41. The van der Waals surface area contributed by atoms with Gasteiger partial charge in [-0.3, -0.25) is 0 Å². The molecule has 0 atom stereocenters.